The second kappa shape index (κ2) is 23.1. The first-order chi connectivity index (χ1) is 38.7. The summed E-state index contributed by atoms with van der Waals surface area (Å²) in [6.07, 6.45) is 0. The first-order valence-corrected chi connectivity index (χ1v) is 33.4. The topological polar surface area (TPSA) is 56.3 Å². The van der Waals surface area contributed by atoms with Gasteiger partial charge in [0.15, 0.2) is 0 Å². The summed E-state index contributed by atoms with van der Waals surface area (Å²) in [5, 5.41) is 1.90. The van der Waals surface area contributed by atoms with Crippen LogP contribution in [0.4, 0.5) is 0 Å². The Hall–Kier alpha value is -4.60. The Morgan fingerprint density at radius 1 is 0.353 bits per heavy atom. The number of hydrogen-bond acceptors (Lipinski definition) is 2. The maximum atomic E-state index is 5.98. The van der Waals surface area contributed by atoms with Crippen molar-refractivity contribution in [1.29, 1.82) is 0 Å². The van der Waals surface area contributed by atoms with Crippen LogP contribution >= 0.6 is 63.7 Å². The summed E-state index contributed by atoms with van der Waals surface area (Å²) in [6, 6.07) is 37.4. The fraction of sp³-hybridized carbons (Fsp3) is 0.429. The minimum Gasteiger partial charge on any atom is -0.354 e. The van der Waals surface area contributed by atoms with Gasteiger partial charge in [0.1, 0.15) is 0 Å². The third kappa shape index (κ3) is 14.3. The Bertz CT molecular complexity index is 3840. The summed E-state index contributed by atoms with van der Waals surface area (Å²) < 4.78 is 3.71. The third-order valence-corrected chi connectivity index (χ3v) is 20.9. The fourth-order valence-corrected chi connectivity index (χ4v) is 12.5. The molecule has 4 aromatic carbocycles. The Morgan fingerprint density at radius 3 is 0.976 bits per heavy atom. The summed E-state index contributed by atoms with van der Waals surface area (Å²) in [7, 11) is 0. The van der Waals surface area contributed by atoms with Gasteiger partial charge in [0.05, 0.1) is 37.1 Å². The number of rotatable bonds is 8. The minimum absolute atomic E-state index is 0.0485. The van der Waals surface area contributed by atoms with E-state index in [1.165, 1.54) is 44.5 Å². The molecule has 0 atom stereocenters. The number of nitrogens with zero attached hydrogens (tertiary/aromatic N) is 2. The third-order valence-electron chi connectivity index (χ3n) is 16.7. The minimum atomic E-state index is -0.150. The average molecular weight is 1400 g/mol. The molecule has 0 aliphatic carbocycles. The quantitative estimate of drug-likeness (QED) is 0.153. The number of aromatic amines is 2. The van der Waals surface area contributed by atoms with E-state index in [9.17, 15) is 0 Å². The molecule has 85 heavy (non-hydrogen) atoms. The molecule has 2 aromatic heterocycles. The molecule has 6 aromatic rings. The highest BCUT2D eigenvalue weighted by molar-refractivity contribution is 9.14. The molecular weight excluding hydrogens is 1300 g/mol. The summed E-state index contributed by atoms with van der Waals surface area (Å²) in [6.45, 7) is 60.6. The highest BCUT2D eigenvalue weighted by atomic mass is 79.9. The Kier molecular flexibility index (Phi) is 18.0. The van der Waals surface area contributed by atoms with Crippen molar-refractivity contribution < 1.29 is 0 Å². The molecule has 2 aliphatic heterocycles. The second-order valence-electron chi connectivity index (χ2n) is 32.2. The molecule has 0 amide bonds. The van der Waals surface area contributed by atoms with Gasteiger partial charge in [0, 0.05) is 43.3 Å². The van der Waals surface area contributed by atoms with Gasteiger partial charge < -0.3 is 9.97 Å². The zero-order chi connectivity index (χ0) is 63.4. The van der Waals surface area contributed by atoms with Gasteiger partial charge in [-0.05, 0) is 188 Å². The van der Waals surface area contributed by atoms with Gasteiger partial charge in [-0.15, -0.1) is 0 Å². The van der Waals surface area contributed by atoms with E-state index in [-0.39, 0.29) is 43.3 Å². The van der Waals surface area contributed by atoms with Gasteiger partial charge in [-0.2, -0.15) is 0 Å². The van der Waals surface area contributed by atoms with Crippen molar-refractivity contribution >= 4 is 97.4 Å². The number of hydrogen-bond donors (Lipinski definition) is 2. The summed E-state index contributed by atoms with van der Waals surface area (Å²) in [5.74, 6) is 0. The van der Waals surface area contributed by atoms with Gasteiger partial charge in [-0.3, -0.25) is 4.99 Å². The predicted molar refractivity (Wildman–Crippen MR) is 385 cm³/mol. The predicted octanol–water partition coefficient (Wildman–Crippen LogP) is 21.6. The van der Waals surface area contributed by atoms with Crippen LogP contribution in [-0.2, 0) is 43.3 Å². The molecule has 0 unspecified atom stereocenters. The lowest BCUT2D eigenvalue weighted by atomic mass is 9.78. The van der Waals surface area contributed by atoms with Gasteiger partial charge in [-0.1, -0.05) is 261 Å². The highest BCUT2D eigenvalue weighted by Gasteiger charge is 2.34. The van der Waals surface area contributed by atoms with Crippen LogP contribution in [0.2, 0.25) is 0 Å². The molecule has 0 fully saturated rings. The first kappa shape index (κ1) is 66.4. The molecular formula is C77H94Br4N4. The van der Waals surface area contributed by atoms with E-state index in [2.05, 4.69) is 337 Å². The van der Waals surface area contributed by atoms with Gasteiger partial charge in [0.25, 0.3) is 0 Å². The molecule has 0 bridgehead atoms. The number of halogens is 4. The fourth-order valence-electron chi connectivity index (χ4n) is 10.8. The zero-order valence-electron chi connectivity index (χ0n) is 55.6. The van der Waals surface area contributed by atoms with E-state index in [4.69, 9.17) is 16.6 Å². The van der Waals surface area contributed by atoms with Crippen LogP contribution in [0.3, 0.4) is 0 Å². The lowest BCUT2D eigenvalue weighted by Gasteiger charge is -2.27. The molecule has 2 N–H and O–H groups in total. The smallest absolute Gasteiger partial charge is 0.0891 e. The molecule has 4 nitrogen and oxygen atoms in total. The van der Waals surface area contributed by atoms with Crippen molar-refractivity contribution in [2.24, 2.45) is 9.98 Å². The van der Waals surface area contributed by atoms with Crippen molar-refractivity contribution in [3.8, 4) is 0 Å². The monoisotopic (exact) mass is 1390 g/mol. The Labute approximate surface area is 545 Å². The van der Waals surface area contributed by atoms with Crippen LogP contribution in [-0.4, -0.2) is 27.9 Å². The van der Waals surface area contributed by atoms with Crippen LogP contribution in [0.5, 0.6) is 0 Å². The summed E-state index contributed by atoms with van der Waals surface area (Å²) in [4.78, 5) is 19.3. The molecule has 4 heterocycles. The van der Waals surface area contributed by atoms with E-state index in [0.29, 0.717) is 6.54 Å². The van der Waals surface area contributed by atoms with Gasteiger partial charge in [-0.25, -0.2) is 4.99 Å². The van der Waals surface area contributed by atoms with Crippen molar-refractivity contribution in [1.82, 2.24) is 9.97 Å². The maximum Gasteiger partial charge on any atom is 0.0891 e. The van der Waals surface area contributed by atoms with Crippen LogP contribution < -0.4 is 10.7 Å². The summed E-state index contributed by atoms with van der Waals surface area (Å²) >= 11 is 16.5. The molecule has 0 radical (unpaired) electrons. The lowest BCUT2D eigenvalue weighted by molar-refractivity contribution is 0.567. The van der Waals surface area contributed by atoms with Gasteiger partial charge in [0.2, 0.25) is 0 Å². The standard InChI is InChI=1S/C77H94Br4N4/c1-43(44-30-48(70(2,3)4)38-49(31-44)71(5,6)7)57-26-27-59(83-57)62(46-34-52(74(14,15)16)40-53(35-46)75(17,18)19)68-65(80)66(81)69(85-68)63(47-36-54(76(20,21)22)41-55(37-47)77(23,24)25)60-29-28-58(84-60)61(67-64(79)56(78)42-82-67)45-32-50(72(8,9)10)39-51(33-45)73(11,12)13/h26-41,83-84H,1,42H2,2-25H3/b61-58-,63-60-,68-62-. The second-order valence-corrected chi connectivity index (χ2v) is 35.5. The number of H-pyrrole nitrogens is 2. The number of aromatic nitrogens is 2. The lowest BCUT2D eigenvalue weighted by Crippen LogP contribution is -2.24. The van der Waals surface area contributed by atoms with Crippen molar-refractivity contribution in [3.05, 3.63) is 216 Å². The van der Waals surface area contributed by atoms with E-state index in [1.807, 2.05) is 0 Å². The largest absolute Gasteiger partial charge is 0.354 e. The molecule has 8 rings (SSSR count). The average Bonchev–Trinajstić information content (AvgIpc) is 1.88. The highest BCUT2D eigenvalue weighted by Crippen LogP contribution is 2.46. The number of nitrogens with one attached hydrogen (secondary N) is 2. The van der Waals surface area contributed by atoms with Crippen LogP contribution in [0, 0.1) is 0 Å². The number of allylic oxidation sites excluding steroid dienone is 3. The van der Waals surface area contributed by atoms with E-state index >= 15 is 0 Å². The molecule has 450 valence electrons. The molecule has 0 saturated carbocycles. The molecule has 2 aliphatic rings. The molecule has 0 spiro atoms. The number of aliphatic imine (C=N–C) groups is 2. The van der Waals surface area contributed by atoms with Crippen molar-refractivity contribution in [2.75, 3.05) is 6.54 Å². The van der Waals surface area contributed by atoms with E-state index in [1.54, 1.807) is 0 Å². The Balaban J connectivity index is 1.53. The number of benzene rings is 4. The molecule has 8 heteroatoms. The van der Waals surface area contributed by atoms with Crippen LogP contribution in [0.1, 0.15) is 244 Å². The van der Waals surface area contributed by atoms with Crippen LogP contribution in [0.15, 0.2) is 137 Å². The summed E-state index contributed by atoms with van der Waals surface area (Å²) in [5.41, 5.74) is 22.1. The zero-order valence-corrected chi connectivity index (χ0v) is 61.9. The maximum absolute atomic E-state index is 5.98. The van der Waals surface area contributed by atoms with Crippen LogP contribution in [0.25, 0.3) is 22.3 Å². The van der Waals surface area contributed by atoms with Crippen molar-refractivity contribution in [3.63, 3.8) is 0 Å². The molecule has 0 saturated heterocycles. The van der Waals surface area contributed by atoms with E-state index in [0.717, 1.165) is 102 Å². The van der Waals surface area contributed by atoms with E-state index < -0.39 is 0 Å². The first-order valence-electron chi connectivity index (χ1n) is 30.2. The normalized spacial score (nSPS) is 16.6. The van der Waals surface area contributed by atoms with Gasteiger partial charge >= 0.3 is 0 Å². The SMILES string of the molecule is C=C(c1cc(C(C)(C)C)cc(C(C)(C)C)c1)c1ccc(/C(=C2N=C(/C(c3cc(C(C)(C)C)cc(C(C)(C)C)c3)=c3/cc/c(=C(/C4=NCC(Br)=C4Br)c4cc(C(C)(C)C)cc(C(C)(C)C)c4)[nH]3)C(Br)=C\2Br)c2cc(C(C)(C)C)cc(C(C)(C)C)c2)[nH]1. The Morgan fingerprint density at radius 2 is 0.659 bits per heavy atom. The van der Waals surface area contributed by atoms with Crippen molar-refractivity contribution in [2.45, 2.75) is 209 Å².